The van der Waals surface area contributed by atoms with Gasteiger partial charge in [0, 0.05) is 10.7 Å². The van der Waals surface area contributed by atoms with Gasteiger partial charge in [0.15, 0.2) is 0 Å². The van der Waals surface area contributed by atoms with E-state index in [2.05, 4.69) is 15.3 Å². The Morgan fingerprint density at radius 1 is 1.43 bits per heavy atom. The van der Waals surface area contributed by atoms with Gasteiger partial charge in [0.05, 0.1) is 11.5 Å². The summed E-state index contributed by atoms with van der Waals surface area (Å²) in [5, 5.41) is 14.7. The molecule has 0 saturated heterocycles. The molecule has 110 valence electrons. The van der Waals surface area contributed by atoms with E-state index < -0.39 is 4.92 Å². The van der Waals surface area contributed by atoms with Crippen molar-refractivity contribution in [3.05, 3.63) is 45.2 Å². The van der Waals surface area contributed by atoms with Crippen LogP contribution >= 0.6 is 11.6 Å². The minimum absolute atomic E-state index is 0.0633. The maximum atomic E-state index is 11.2. The molecule has 1 aromatic heterocycles. The largest absolute Gasteiger partial charge is 0.473 e. The number of aromatic nitrogens is 2. The molecule has 0 bridgehead atoms. The number of ether oxygens (including phenoxy) is 1. The zero-order valence-electron chi connectivity index (χ0n) is 11.5. The lowest BCUT2D eigenvalue weighted by Crippen LogP contribution is -2.05. The minimum atomic E-state index is -0.571. The van der Waals surface area contributed by atoms with Crippen LogP contribution in [0.4, 0.5) is 17.2 Å². The molecule has 0 aliphatic heterocycles. The van der Waals surface area contributed by atoms with Gasteiger partial charge in [-0.15, -0.1) is 0 Å². The van der Waals surface area contributed by atoms with E-state index >= 15 is 0 Å². The molecule has 1 heterocycles. The summed E-state index contributed by atoms with van der Waals surface area (Å²) in [5.41, 5.74) is 1.21. The summed E-state index contributed by atoms with van der Waals surface area (Å²) in [4.78, 5) is 18.4. The van der Waals surface area contributed by atoms with Crippen molar-refractivity contribution in [2.45, 2.75) is 13.8 Å². The molecule has 1 N–H and O–H groups in total. The van der Waals surface area contributed by atoms with Crippen LogP contribution in [0.5, 0.6) is 5.88 Å². The average Bonchev–Trinajstić information content (AvgIpc) is 2.42. The second-order valence-corrected chi connectivity index (χ2v) is 4.59. The normalized spacial score (nSPS) is 10.2. The molecule has 0 aliphatic carbocycles. The first-order valence-electron chi connectivity index (χ1n) is 6.18. The fourth-order valence-corrected chi connectivity index (χ4v) is 1.98. The van der Waals surface area contributed by atoms with Crippen LogP contribution in [0.2, 0.25) is 5.02 Å². The van der Waals surface area contributed by atoms with Crippen molar-refractivity contribution in [2.75, 3.05) is 11.9 Å². The lowest BCUT2D eigenvalue weighted by molar-refractivity contribution is -0.385. The van der Waals surface area contributed by atoms with Gasteiger partial charge in [-0.05, 0) is 37.6 Å². The van der Waals surface area contributed by atoms with Gasteiger partial charge in [-0.3, -0.25) is 10.1 Å². The van der Waals surface area contributed by atoms with Gasteiger partial charge in [-0.2, -0.15) is 4.98 Å². The van der Waals surface area contributed by atoms with Gasteiger partial charge in [0.2, 0.25) is 5.82 Å². The first kappa shape index (κ1) is 15.0. The lowest BCUT2D eigenvalue weighted by atomic mass is 10.2. The summed E-state index contributed by atoms with van der Waals surface area (Å²) in [7, 11) is 0. The third-order valence-corrected chi connectivity index (χ3v) is 2.93. The number of rotatable bonds is 5. The van der Waals surface area contributed by atoms with Crippen LogP contribution in [0.25, 0.3) is 0 Å². The number of nitrogens with one attached hydrogen (secondary N) is 1. The molecule has 1 aromatic carbocycles. The molecule has 0 saturated carbocycles. The van der Waals surface area contributed by atoms with Crippen molar-refractivity contribution in [3.8, 4) is 5.88 Å². The fourth-order valence-electron chi connectivity index (χ4n) is 1.76. The van der Waals surface area contributed by atoms with Crippen LogP contribution in [-0.4, -0.2) is 21.5 Å². The molecular weight excluding hydrogens is 296 g/mol. The van der Waals surface area contributed by atoms with Crippen LogP contribution in [0.3, 0.4) is 0 Å². The average molecular weight is 309 g/mol. The van der Waals surface area contributed by atoms with Gasteiger partial charge < -0.3 is 10.1 Å². The Bertz CT molecular complexity index is 678. The van der Waals surface area contributed by atoms with E-state index in [1.165, 1.54) is 6.33 Å². The summed E-state index contributed by atoms with van der Waals surface area (Å²) < 4.78 is 5.17. The Hall–Kier alpha value is -2.41. The molecule has 0 aliphatic rings. The first-order chi connectivity index (χ1) is 10.0. The second kappa shape index (κ2) is 6.36. The number of anilines is 2. The summed E-state index contributed by atoms with van der Waals surface area (Å²) in [6.07, 6.45) is 1.21. The number of nitro groups is 1. The van der Waals surface area contributed by atoms with E-state index in [1.54, 1.807) is 25.1 Å². The molecule has 21 heavy (non-hydrogen) atoms. The predicted octanol–water partition coefficient (Wildman–Crippen LogP) is 3.49. The van der Waals surface area contributed by atoms with E-state index in [0.29, 0.717) is 10.7 Å². The lowest BCUT2D eigenvalue weighted by Gasteiger charge is -2.10. The maximum Gasteiger partial charge on any atom is 0.373 e. The minimum Gasteiger partial charge on any atom is -0.473 e. The number of aryl methyl sites for hydroxylation is 1. The number of hydrogen-bond acceptors (Lipinski definition) is 6. The molecule has 7 nitrogen and oxygen atoms in total. The first-order valence-corrected chi connectivity index (χ1v) is 6.56. The number of hydrogen-bond donors (Lipinski definition) is 1. The van der Waals surface area contributed by atoms with E-state index in [1.807, 2.05) is 6.92 Å². The SMILES string of the molecule is CCOc1ncnc(Nc2ccc(Cl)cc2C)c1[N+](=O)[O-]. The molecule has 0 radical (unpaired) electrons. The third kappa shape index (κ3) is 3.38. The third-order valence-electron chi connectivity index (χ3n) is 2.69. The topological polar surface area (TPSA) is 90.2 Å². The van der Waals surface area contributed by atoms with Crippen LogP contribution in [0.15, 0.2) is 24.5 Å². The van der Waals surface area contributed by atoms with Gasteiger partial charge in [-0.1, -0.05) is 11.6 Å². The summed E-state index contributed by atoms with van der Waals surface area (Å²) >= 11 is 5.89. The second-order valence-electron chi connectivity index (χ2n) is 4.15. The van der Waals surface area contributed by atoms with E-state index in [9.17, 15) is 10.1 Å². The van der Waals surface area contributed by atoms with E-state index in [4.69, 9.17) is 16.3 Å². The molecule has 0 unspecified atom stereocenters. The van der Waals surface area contributed by atoms with Crippen LogP contribution in [0, 0.1) is 17.0 Å². The monoisotopic (exact) mass is 308 g/mol. The van der Waals surface area contributed by atoms with Gasteiger partial charge in [0.25, 0.3) is 5.88 Å². The fraction of sp³-hybridized carbons (Fsp3) is 0.231. The van der Waals surface area contributed by atoms with Gasteiger partial charge >= 0.3 is 5.69 Å². The van der Waals surface area contributed by atoms with E-state index in [-0.39, 0.29) is 24.0 Å². The van der Waals surface area contributed by atoms with Gasteiger partial charge in [0.1, 0.15) is 6.33 Å². The molecule has 2 rings (SSSR count). The molecule has 0 fully saturated rings. The number of benzene rings is 1. The molecule has 0 spiro atoms. The standard InChI is InChI=1S/C13H13ClN4O3/c1-3-21-13-11(18(19)20)12(15-7-16-13)17-10-5-4-9(14)6-8(10)2/h4-7H,3H2,1-2H3,(H,15,16,17). The summed E-state index contributed by atoms with van der Waals surface area (Å²) in [5.74, 6) is 0.00971. The van der Waals surface area contributed by atoms with Crippen molar-refractivity contribution in [3.63, 3.8) is 0 Å². The zero-order chi connectivity index (χ0) is 15.4. The number of nitrogens with zero attached hydrogens (tertiary/aromatic N) is 3. The Labute approximate surface area is 126 Å². The Kier molecular flexibility index (Phi) is 4.54. The summed E-state index contributed by atoms with van der Waals surface area (Å²) in [6, 6.07) is 5.16. The molecule has 2 aromatic rings. The zero-order valence-corrected chi connectivity index (χ0v) is 12.2. The highest BCUT2D eigenvalue weighted by atomic mass is 35.5. The molecule has 0 amide bonds. The predicted molar refractivity (Wildman–Crippen MR) is 79.3 cm³/mol. The highest BCUT2D eigenvalue weighted by Gasteiger charge is 2.24. The van der Waals surface area contributed by atoms with Crippen molar-refractivity contribution in [1.29, 1.82) is 0 Å². The summed E-state index contributed by atoms with van der Waals surface area (Å²) in [6.45, 7) is 3.84. The van der Waals surface area contributed by atoms with Gasteiger partial charge in [-0.25, -0.2) is 4.98 Å². The van der Waals surface area contributed by atoms with Crippen LogP contribution in [0.1, 0.15) is 12.5 Å². The quantitative estimate of drug-likeness (QED) is 0.671. The Balaban J connectivity index is 2.43. The number of halogens is 1. The van der Waals surface area contributed by atoms with Crippen molar-refractivity contribution in [1.82, 2.24) is 9.97 Å². The van der Waals surface area contributed by atoms with Crippen LogP contribution in [-0.2, 0) is 0 Å². The Morgan fingerprint density at radius 2 is 2.19 bits per heavy atom. The maximum absolute atomic E-state index is 11.2. The highest BCUT2D eigenvalue weighted by Crippen LogP contribution is 2.33. The van der Waals surface area contributed by atoms with E-state index in [0.717, 1.165) is 5.56 Å². The molecular formula is C13H13ClN4O3. The van der Waals surface area contributed by atoms with Crippen molar-refractivity contribution >= 4 is 28.8 Å². The molecule has 8 heteroatoms. The smallest absolute Gasteiger partial charge is 0.373 e. The van der Waals surface area contributed by atoms with Crippen LogP contribution < -0.4 is 10.1 Å². The van der Waals surface area contributed by atoms with Crippen molar-refractivity contribution in [2.24, 2.45) is 0 Å². The van der Waals surface area contributed by atoms with Crippen molar-refractivity contribution < 1.29 is 9.66 Å². The highest BCUT2D eigenvalue weighted by molar-refractivity contribution is 6.30. The molecule has 0 atom stereocenters. The Morgan fingerprint density at radius 3 is 2.81 bits per heavy atom.